The lowest BCUT2D eigenvalue weighted by Gasteiger charge is -2.23. The third kappa shape index (κ3) is 3.51. The molecule has 0 radical (unpaired) electrons. The van der Waals surface area contributed by atoms with Crippen LogP contribution in [0.5, 0.6) is 0 Å². The van der Waals surface area contributed by atoms with Gasteiger partial charge in [-0.3, -0.25) is 4.79 Å². The molecule has 0 N–H and O–H groups in total. The first-order valence-electron chi connectivity index (χ1n) is 7.30. The fourth-order valence-electron chi connectivity index (χ4n) is 2.08. The quantitative estimate of drug-likeness (QED) is 0.845. The van der Waals surface area contributed by atoms with Gasteiger partial charge in [0.05, 0.1) is 12.1 Å². The molecule has 1 aromatic carbocycles. The van der Waals surface area contributed by atoms with Crippen molar-refractivity contribution in [3.63, 3.8) is 0 Å². The van der Waals surface area contributed by atoms with Gasteiger partial charge in [-0.25, -0.2) is 4.98 Å². The molecule has 0 bridgehead atoms. The Labute approximate surface area is 125 Å². The Bertz CT molecular complexity index is 605. The van der Waals surface area contributed by atoms with Crippen molar-refractivity contribution >= 4 is 5.91 Å². The number of hydrogen-bond donors (Lipinski definition) is 0. The molecule has 21 heavy (non-hydrogen) atoms. The van der Waals surface area contributed by atoms with Crippen LogP contribution in [-0.4, -0.2) is 28.9 Å². The van der Waals surface area contributed by atoms with Crippen molar-refractivity contribution in [2.75, 3.05) is 7.05 Å². The third-order valence-corrected chi connectivity index (χ3v) is 3.88. The van der Waals surface area contributed by atoms with Crippen LogP contribution in [0.2, 0.25) is 0 Å². The Morgan fingerprint density at radius 1 is 1.33 bits per heavy atom. The van der Waals surface area contributed by atoms with E-state index in [-0.39, 0.29) is 18.4 Å². The molecule has 1 amide bonds. The van der Waals surface area contributed by atoms with Crippen LogP contribution in [0, 0.1) is 6.92 Å². The van der Waals surface area contributed by atoms with E-state index in [1.54, 1.807) is 4.90 Å². The summed E-state index contributed by atoms with van der Waals surface area (Å²) < 4.78 is 5.69. The highest BCUT2D eigenvalue weighted by Crippen LogP contribution is 2.22. The summed E-state index contributed by atoms with van der Waals surface area (Å²) in [4.78, 5) is 18.5. The van der Waals surface area contributed by atoms with E-state index in [0.29, 0.717) is 17.3 Å². The van der Waals surface area contributed by atoms with Crippen LogP contribution in [0.1, 0.15) is 31.7 Å². The molecule has 0 aliphatic rings. The highest BCUT2D eigenvalue weighted by atomic mass is 16.4. The van der Waals surface area contributed by atoms with E-state index in [4.69, 9.17) is 4.42 Å². The van der Waals surface area contributed by atoms with Crippen molar-refractivity contribution < 1.29 is 9.21 Å². The first-order valence-corrected chi connectivity index (χ1v) is 7.30. The Kier molecular flexibility index (Phi) is 4.78. The standard InChI is InChI=1S/C17H22N2O2/c1-5-12(2)19(4)16(20)11-15-13(3)21-17(18-15)14-9-7-6-8-10-14/h6-10,12H,5,11H2,1-4H3. The van der Waals surface area contributed by atoms with E-state index in [2.05, 4.69) is 11.9 Å². The maximum Gasteiger partial charge on any atom is 0.228 e. The normalized spacial score (nSPS) is 12.2. The summed E-state index contributed by atoms with van der Waals surface area (Å²) in [6, 6.07) is 9.96. The molecule has 0 saturated carbocycles. The summed E-state index contributed by atoms with van der Waals surface area (Å²) in [5, 5.41) is 0. The average Bonchev–Trinajstić information content (AvgIpc) is 2.87. The number of aromatic nitrogens is 1. The molecule has 2 aromatic rings. The van der Waals surface area contributed by atoms with Crippen molar-refractivity contribution in [3.05, 3.63) is 41.8 Å². The van der Waals surface area contributed by atoms with E-state index < -0.39 is 0 Å². The molecule has 0 saturated heterocycles. The lowest BCUT2D eigenvalue weighted by Crippen LogP contribution is -2.35. The minimum absolute atomic E-state index is 0.0698. The van der Waals surface area contributed by atoms with Crippen LogP contribution in [0.3, 0.4) is 0 Å². The van der Waals surface area contributed by atoms with Gasteiger partial charge in [0.15, 0.2) is 0 Å². The number of aryl methyl sites for hydroxylation is 1. The monoisotopic (exact) mass is 286 g/mol. The molecule has 2 rings (SSSR count). The molecule has 1 unspecified atom stereocenters. The van der Waals surface area contributed by atoms with Gasteiger partial charge in [0.1, 0.15) is 5.76 Å². The summed E-state index contributed by atoms with van der Waals surface area (Å²) >= 11 is 0. The van der Waals surface area contributed by atoms with E-state index >= 15 is 0 Å². The topological polar surface area (TPSA) is 46.3 Å². The van der Waals surface area contributed by atoms with Gasteiger partial charge in [-0.15, -0.1) is 0 Å². The molecule has 1 heterocycles. The number of likely N-dealkylation sites (N-methyl/N-ethyl adjacent to an activating group) is 1. The molecule has 0 spiro atoms. The minimum atomic E-state index is 0.0698. The number of oxazole rings is 1. The number of rotatable bonds is 5. The summed E-state index contributed by atoms with van der Waals surface area (Å²) in [7, 11) is 1.84. The van der Waals surface area contributed by atoms with Crippen molar-refractivity contribution in [3.8, 4) is 11.5 Å². The second-order valence-corrected chi connectivity index (χ2v) is 5.33. The Morgan fingerprint density at radius 3 is 2.62 bits per heavy atom. The number of carbonyl (C=O) groups excluding carboxylic acids is 1. The number of carbonyl (C=O) groups is 1. The molecule has 1 aromatic heterocycles. The van der Waals surface area contributed by atoms with Crippen LogP contribution >= 0.6 is 0 Å². The fourth-order valence-corrected chi connectivity index (χ4v) is 2.08. The predicted molar refractivity (Wildman–Crippen MR) is 82.9 cm³/mol. The number of hydrogen-bond acceptors (Lipinski definition) is 3. The SMILES string of the molecule is CCC(C)N(C)C(=O)Cc1nc(-c2ccccc2)oc1C. The smallest absolute Gasteiger partial charge is 0.228 e. The molecule has 4 heteroatoms. The van der Waals surface area contributed by atoms with Gasteiger partial charge < -0.3 is 9.32 Å². The Hall–Kier alpha value is -2.10. The van der Waals surface area contributed by atoms with Gasteiger partial charge >= 0.3 is 0 Å². The fraction of sp³-hybridized carbons (Fsp3) is 0.412. The lowest BCUT2D eigenvalue weighted by atomic mass is 10.2. The van der Waals surface area contributed by atoms with Gasteiger partial charge in [-0.1, -0.05) is 25.1 Å². The van der Waals surface area contributed by atoms with Crippen LogP contribution in [-0.2, 0) is 11.2 Å². The lowest BCUT2D eigenvalue weighted by molar-refractivity contribution is -0.131. The number of amides is 1. The zero-order valence-electron chi connectivity index (χ0n) is 13.1. The van der Waals surface area contributed by atoms with Crippen molar-refractivity contribution in [2.45, 2.75) is 39.7 Å². The summed E-state index contributed by atoms with van der Waals surface area (Å²) in [6.07, 6.45) is 1.22. The van der Waals surface area contributed by atoms with Gasteiger partial charge in [-0.05, 0) is 32.4 Å². The number of benzene rings is 1. The minimum Gasteiger partial charge on any atom is -0.441 e. The first kappa shape index (κ1) is 15.3. The molecule has 4 nitrogen and oxygen atoms in total. The first-order chi connectivity index (χ1) is 10.0. The van der Waals surface area contributed by atoms with Crippen LogP contribution in [0.4, 0.5) is 0 Å². The molecule has 0 fully saturated rings. The van der Waals surface area contributed by atoms with Crippen LogP contribution in [0.15, 0.2) is 34.7 Å². The van der Waals surface area contributed by atoms with Crippen LogP contribution < -0.4 is 0 Å². The number of nitrogens with zero attached hydrogens (tertiary/aromatic N) is 2. The van der Waals surface area contributed by atoms with Crippen molar-refractivity contribution in [1.82, 2.24) is 9.88 Å². The Balaban J connectivity index is 2.15. The van der Waals surface area contributed by atoms with Gasteiger partial charge in [0.25, 0.3) is 0 Å². The van der Waals surface area contributed by atoms with Gasteiger partial charge in [0.2, 0.25) is 11.8 Å². The average molecular weight is 286 g/mol. The maximum atomic E-state index is 12.3. The largest absolute Gasteiger partial charge is 0.441 e. The maximum absolute atomic E-state index is 12.3. The molecule has 0 aliphatic carbocycles. The van der Waals surface area contributed by atoms with E-state index in [1.807, 2.05) is 51.2 Å². The highest BCUT2D eigenvalue weighted by molar-refractivity contribution is 5.78. The zero-order chi connectivity index (χ0) is 15.4. The van der Waals surface area contributed by atoms with Crippen molar-refractivity contribution in [1.29, 1.82) is 0 Å². The molecule has 0 aliphatic heterocycles. The van der Waals surface area contributed by atoms with Crippen LogP contribution in [0.25, 0.3) is 11.5 Å². The highest BCUT2D eigenvalue weighted by Gasteiger charge is 2.19. The second-order valence-electron chi connectivity index (χ2n) is 5.33. The summed E-state index contributed by atoms with van der Waals surface area (Å²) in [5.41, 5.74) is 1.64. The van der Waals surface area contributed by atoms with Gasteiger partial charge in [-0.2, -0.15) is 0 Å². The van der Waals surface area contributed by atoms with E-state index in [0.717, 1.165) is 12.0 Å². The Morgan fingerprint density at radius 2 is 2.00 bits per heavy atom. The molecular formula is C17H22N2O2. The zero-order valence-corrected chi connectivity index (χ0v) is 13.1. The molecule has 1 atom stereocenters. The van der Waals surface area contributed by atoms with E-state index in [1.165, 1.54) is 0 Å². The van der Waals surface area contributed by atoms with Gasteiger partial charge in [0, 0.05) is 18.7 Å². The second kappa shape index (κ2) is 6.57. The van der Waals surface area contributed by atoms with Crippen molar-refractivity contribution in [2.24, 2.45) is 0 Å². The van der Waals surface area contributed by atoms with E-state index in [9.17, 15) is 4.79 Å². The summed E-state index contributed by atoms with van der Waals surface area (Å²) in [5.74, 6) is 1.35. The third-order valence-electron chi connectivity index (χ3n) is 3.88. The molecule has 112 valence electrons. The predicted octanol–water partition coefficient (Wildman–Crippen LogP) is 3.45. The summed E-state index contributed by atoms with van der Waals surface area (Å²) in [6.45, 7) is 5.97. The molecular weight excluding hydrogens is 264 g/mol.